The van der Waals surface area contributed by atoms with E-state index in [2.05, 4.69) is 4.98 Å². The molecule has 1 rings (SSSR count). The molecule has 1 heterocycles. The van der Waals surface area contributed by atoms with Gasteiger partial charge in [0.05, 0.1) is 0 Å². The molecule has 1 aromatic heterocycles. The van der Waals surface area contributed by atoms with Gasteiger partial charge in [-0.05, 0) is 11.6 Å². The minimum atomic E-state index is -3.42. The zero-order valence-corrected chi connectivity index (χ0v) is 8.95. The van der Waals surface area contributed by atoms with Crippen molar-refractivity contribution in [3.8, 4) is 0 Å². The fourth-order valence-corrected chi connectivity index (χ4v) is 1.67. The van der Waals surface area contributed by atoms with Crippen molar-refractivity contribution in [3.63, 3.8) is 0 Å². The van der Waals surface area contributed by atoms with Crippen LogP contribution >= 0.6 is 0 Å². The summed E-state index contributed by atoms with van der Waals surface area (Å²) < 4.78 is 24.2. The first-order valence-corrected chi connectivity index (χ1v) is 5.50. The number of aromatic nitrogens is 1. The van der Waals surface area contributed by atoms with Crippen LogP contribution in [0.3, 0.4) is 0 Å². The van der Waals surface area contributed by atoms with Crippen molar-refractivity contribution in [1.29, 1.82) is 0 Å². The van der Waals surface area contributed by atoms with Crippen molar-refractivity contribution >= 4 is 10.0 Å². The highest BCUT2D eigenvalue weighted by Crippen LogP contribution is 2.09. The Morgan fingerprint density at radius 1 is 1.43 bits per heavy atom. The monoisotopic (exact) mass is 215 g/mol. The van der Waals surface area contributed by atoms with Crippen LogP contribution < -0.4 is 5.73 Å². The zero-order valence-electron chi connectivity index (χ0n) is 8.14. The molecule has 0 spiro atoms. The summed E-state index contributed by atoms with van der Waals surface area (Å²) in [5, 5.41) is 0.0414. The van der Waals surface area contributed by atoms with Gasteiger partial charge in [0.1, 0.15) is 0 Å². The average molecular weight is 215 g/mol. The fraction of sp³-hybridized carbons (Fsp3) is 0.375. The molecule has 78 valence electrons. The van der Waals surface area contributed by atoms with Gasteiger partial charge >= 0.3 is 0 Å². The molecule has 5 nitrogen and oxygen atoms in total. The van der Waals surface area contributed by atoms with Gasteiger partial charge < -0.3 is 5.73 Å². The minimum Gasteiger partial charge on any atom is -0.326 e. The smallest absolute Gasteiger partial charge is 0.260 e. The summed E-state index contributed by atoms with van der Waals surface area (Å²) in [6, 6.07) is 3.11. The highest BCUT2D eigenvalue weighted by molar-refractivity contribution is 7.89. The van der Waals surface area contributed by atoms with Crippen molar-refractivity contribution in [1.82, 2.24) is 9.29 Å². The third kappa shape index (κ3) is 2.09. The normalized spacial score (nSPS) is 12.0. The molecule has 1 aromatic rings. The lowest BCUT2D eigenvalue weighted by Crippen LogP contribution is -2.23. The zero-order chi connectivity index (χ0) is 10.8. The van der Waals surface area contributed by atoms with E-state index in [4.69, 9.17) is 5.73 Å². The molecule has 0 fully saturated rings. The van der Waals surface area contributed by atoms with E-state index >= 15 is 0 Å². The standard InChI is InChI=1S/C8H13N3O2S/c1-11(2)14(12,13)8-4-3-7(5-9)6-10-8/h3-4,6H,5,9H2,1-2H3. The van der Waals surface area contributed by atoms with Crippen LogP contribution in [-0.2, 0) is 16.6 Å². The summed E-state index contributed by atoms with van der Waals surface area (Å²) in [4.78, 5) is 3.83. The summed E-state index contributed by atoms with van der Waals surface area (Å²) in [6.07, 6.45) is 1.47. The molecule has 14 heavy (non-hydrogen) atoms. The summed E-state index contributed by atoms with van der Waals surface area (Å²) in [5.74, 6) is 0. The minimum absolute atomic E-state index is 0.0414. The van der Waals surface area contributed by atoms with E-state index in [1.54, 1.807) is 6.07 Å². The van der Waals surface area contributed by atoms with Crippen LogP contribution in [-0.4, -0.2) is 31.8 Å². The Labute approximate surface area is 83.6 Å². The van der Waals surface area contributed by atoms with Crippen LogP contribution in [0.1, 0.15) is 5.56 Å². The van der Waals surface area contributed by atoms with E-state index in [0.29, 0.717) is 6.54 Å². The number of nitrogens with zero attached hydrogens (tertiary/aromatic N) is 2. The van der Waals surface area contributed by atoms with Crippen LogP contribution in [0.15, 0.2) is 23.4 Å². The van der Waals surface area contributed by atoms with Gasteiger partial charge in [-0.3, -0.25) is 0 Å². The van der Waals surface area contributed by atoms with Gasteiger partial charge in [-0.25, -0.2) is 17.7 Å². The maximum absolute atomic E-state index is 11.6. The summed E-state index contributed by atoms with van der Waals surface area (Å²) in [7, 11) is -0.488. The predicted octanol–water partition coefficient (Wildman–Crippen LogP) is -0.209. The van der Waals surface area contributed by atoms with E-state index in [9.17, 15) is 8.42 Å². The second-order valence-corrected chi connectivity index (χ2v) is 5.09. The van der Waals surface area contributed by atoms with Gasteiger partial charge in [0.25, 0.3) is 10.0 Å². The molecular formula is C8H13N3O2S. The molecule has 0 atom stereocenters. The van der Waals surface area contributed by atoms with Gasteiger partial charge in [-0.15, -0.1) is 0 Å². The topological polar surface area (TPSA) is 76.3 Å². The number of hydrogen-bond acceptors (Lipinski definition) is 4. The first-order valence-electron chi connectivity index (χ1n) is 4.06. The summed E-state index contributed by atoms with van der Waals surface area (Å²) in [6.45, 7) is 0.356. The molecule has 0 saturated carbocycles. The molecule has 0 amide bonds. The lowest BCUT2D eigenvalue weighted by atomic mass is 10.3. The van der Waals surface area contributed by atoms with Crippen molar-refractivity contribution in [2.75, 3.05) is 14.1 Å². The molecule has 0 aliphatic heterocycles. The summed E-state index contributed by atoms with van der Waals surface area (Å²) in [5.41, 5.74) is 6.18. The molecule has 2 N–H and O–H groups in total. The van der Waals surface area contributed by atoms with E-state index in [1.165, 1.54) is 26.4 Å². The molecule has 0 unspecified atom stereocenters. The number of hydrogen-bond donors (Lipinski definition) is 1. The first kappa shape index (κ1) is 11.1. The predicted molar refractivity (Wildman–Crippen MR) is 53.0 cm³/mol. The van der Waals surface area contributed by atoms with Crippen molar-refractivity contribution < 1.29 is 8.42 Å². The molecule has 0 radical (unpaired) electrons. The van der Waals surface area contributed by atoms with Gasteiger partial charge in [0.15, 0.2) is 5.03 Å². The Bertz CT molecular complexity index is 397. The molecule has 0 aromatic carbocycles. The highest BCUT2D eigenvalue weighted by atomic mass is 32.2. The van der Waals surface area contributed by atoms with E-state index < -0.39 is 10.0 Å². The second-order valence-electron chi connectivity index (χ2n) is 3.00. The number of rotatable bonds is 3. The Hall–Kier alpha value is -0.980. The second kappa shape index (κ2) is 4.04. The van der Waals surface area contributed by atoms with E-state index in [1.807, 2.05) is 0 Å². The fourth-order valence-electron chi connectivity index (χ4n) is 0.871. The van der Waals surface area contributed by atoms with Gasteiger partial charge in [-0.2, -0.15) is 0 Å². The first-order chi connectivity index (χ1) is 6.48. The molecular weight excluding hydrogens is 202 g/mol. The lowest BCUT2D eigenvalue weighted by Gasteiger charge is -2.10. The third-order valence-electron chi connectivity index (χ3n) is 1.78. The van der Waals surface area contributed by atoms with Crippen LogP contribution in [0.25, 0.3) is 0 Å². The number of nitrogens with two attached hydrogens (primary N) is 1. The van der Waals surface area contributed by atoms with Crippen LogP contribution in [0, 0.1) is 0 Å². The Morgan fingerprint density at radius 2 is 2.07 bits per heavy atom. The van der Waals surface area contributed by atoms with Crippen molar-refractivity contribution in [2.24, 2.45) is 5.73 Å². The quantitative estimate of drug-likeness (QED) is 0.757. The molecule has 0 bridgehead atoms. The third-order valence-corrected chi connectivity index (χ3v) is 3.51. The van der Waals surface area contributed by atoms with Crippen molar-refractivity contribution in [2.45, 2.75) is 11.6 Å². The summed E-state index contributed by atoms with van der Waals surface area (Å²) >= 11 is 0. The van der Waals surface area contributed by atoms with Crippen LogP contribution in [0.5, 0.6) is 0 Å². The van der Waals surface area contributed by atoms with Crippen LogP contribution in [0.2, 0.25) is 0 Å². The maximum atomic E-state index is 11.6. The maximum Gasteiger partial charge on any atom is 0.260 e. The van der Waals surface area contributed by atoms with E-state index in [0.717, 1.165) is 9.87 Å². The van der Waals surface area contributed by atoms with E-state index in [-0.39, 0.29) is 5.03 Å². The van der Waals surface area contributed by atoms with Crippen molar-refractivity contribution in [3.05, 3.63) is 23.9 Å². The molecule has 0 aliphatic carbocycles. The molecule has 6 heteroatoms. The van der Waals surface area contributed by atoms with Gasteiger partial charge in [-0.1, -0.05) is 6.07 Å². The largest absolute Gasteiger partial charge is 0.326 e. The Balaban J connectivity index is 3.10. The lowest BCUT2D eigenvalue weighted by molar-refractivity contribution is 0.517. The van der Waals surface area contributed by atoms with Crippen LogP contribution in [0.4, 0.5) is 0 Å². The molecule has 0 saturated heterocycles. The highest BCUT2D eigenvalue weighted by Gasteiger charge is 2.17. The van der Waals surface area contributed by atoms with Gasteiger partial charge in [0.2, 0.25) is 0 Å². The SMILES string of the molecule is CN(C)S(=O)(=O)c1ccc(CN)cn1. The average Bonchev–Trinajstić information content (AvgIpc) is 2.17. The number of sulfonamides is 1. The molecule has 0 aliphatic rings. The number of pyridine rings is 1. The van der Waals surface area contributed by atoms with Gasteiger partial charge in [0, 0.05) is 26.8 Å². The Morgan fingerprint density at radius 3 is 2.43 bits per heavy atom. The Kier molecular flexibility index (Phi) is 3.20.